The van der Waals surface area contributed by atoms with E-state index in [0.29, 0.717) is 13.0 Å². The second-order valence-electron chi connectivity index (χ2n) is 8.49. The van der Waals surface area contributed by atoms with Crippen LogP contribution in [0.2, 0.25) is 0 Å². The number of carbonyl (C=O) groups excluding carboxylic acids is 2. The molecule has 0 aliphatic carbocycles. The van der Waals surface area contributed by atoms with Crippen molar-refractivity contribution in [3.8, 4) is 5.75 Å². The summed E-state index contributed by atoms with van der Waals surface area (Å²) in [5.74, 6) is 0.326. The van der Waals surface area contributed by atoms with E-state index in [2.05, 4.69) is 22.8 Å². The number of hydrazone groups is 1. The van der Waals surface area contributed by atoms with Crippen LogP contribution in [0.25, 0.3) is 0 Å². The average Bonchev–Trinajstić information content (AvgIpc) is 2.86. The number of benzene rings is 2. The van der Waals surface area contributed by atoms with Gasteiger partial charge < -0.3 is 10.1 Å². The molecule has 2 amide bonds. The fourth-order valence-electron chi connectivity index (χ4n) is 3.47. The summed E-state index contributed by atoms with van der Waals surface area (Å²) in [5, 5.41) is 6.60. The minimum absolute atomic E-state index is 0.0696. The minimum Gasteiger partial charge on any atom is -0.489 e. The van der Waals surface area contributed by atoms with Gasteiger partial charge >= 0.3 is 0 Å². The van der Waals surface area contributed by atoms with Crippen LogP contribution in [0.3, 0.4) is 0 Å². The van der Waals surface area contributed by atoms with Gasteiger partial charge in [0.2, 0.25) is 5.91 Å². The summed E-state index contributed by atoms with van der Waals surface area (Å²) in [6, 6.07) is 17.4. The Balaban J connectivity index is 1.52. The van der Waals surface area contributed by atoms with Crippen molar-refractivity contribution in [1.82, 2.24) is 10.7 Å². The van der Waals surface area contributed by atoms with Crippen molar-refractivity contribution in [2.75, 3.05) is 6.54 Å². The Kier molecular flexibility index (Phi) is 13.8. The summed E-state index contributed by atoms with van der Waals surface area (Å²) < 4.78 is 5.75. The molecule has 0 unspecified atom stereocenters. The Morgan fingerprint density at radius 2 is 1.47 bits per heavy atom. The van der Waals surface area contributed by atoms with E-state index in [9.17, 15) is 9.59 Å². The number of unbranched alkanes of at least 4 members (excludes halogenated alkanes) is 8. The Morgan fingerprint density at radius 3 is 2.15 bits per heavy atom. The van der Waals surface area contributed by atoms with Crippen LogP contribution in [-0.2, 0) is 16.2 Å². The molecule has 0 aromatic heterocycles. The first-order valence-corrected chi connectivity index (χ1v) is 12.5. The predicted octanol–water partition coefficient (Wildman–Crippen LogP) is 5.75. The van der Waals surface area contributed by atoms with Crippen molar-refractivity contribution in [1.29, 1.82) is 0 Å². The van der Waals surface area contributed by atoms with Gasteiger partial charge in [0.05, 0.1) is 12.8 Å². The summed E-state index contributed by atoms with van der Waals surface area (Å²) >= 11 is 0. The number of hydrogen-bond acceptors (Lipinski definition) is 4. The van der Waals surface area contributed by atoms with Crippen molar-refractivity contribution in [2.24, 2.45) is 5.10 Å². The third-order valence-corrected chi connectivity index (χ3v) is 5.48. The zero-order chi connectivity index (χ0) is 24.3. The third-order valence-electron chi connectivity index (χ3n) is 5.48. The number of nitrogens with one attached hydrogen (secondary N) is 2. The molecule has 34 heavy (non-hydrogen) atoms. The molecule has 2 N–H and O–H groups in total. The van der Waals surface area contributed by atoms with E-state index in [-0.39, 0.29) is 18.4 Å². The van der Waals surface area contributed by atoms with Crippen LogP contribution in [0.5, 0.6) is 5.75 Å². The highest BCUT2D eigenvalue weighted by molar-refractivity contribution is 5.86. The summed E-state index contributed by atoms with van der Waals surface area (Å²) in [4.78, 5) is 23.8. The van der Waals surface area contributed by atoms with Gasteiger partial charge in [0.1, 0.15) is 12.4 Å². The van der Waals surface area contributed by atoms with Crippen LogP contribution in [0.15, 0.2) is 59.7 Å². The van der Waals surface area contributed by atoms with Crippen LogP contribution in [-0.4, -0.2) is 24.6 Å². The van der Waals surface area contributed by atoms with Gasteiger partial charge in [-0.3, -0.25) is 9.59 Å². The smallest absolute Gasteiger partial charge is 0.259 e. The molecule has 2 aromatic carbocycles. The third kappa shape index (κ3) is 12.8. The van der Waals surface area contributed by atoms with Crippen molar-refractivity contribution in [2.45, 2.75) is 77.7 Å². The number of rotatable bonds is 17. The lowest BCUT2D eigenvalue weighted by Gasteiger charge is -2.06. The van der Waals surface area contributed by atoms with Gasteiger partial charge in [0, 0.05) is 6.42 Å². The quantitative estimate of drug-likeness (QED) is 0.177. The number of ether oxygens (including phenoxy) is 1. The summed E-state index contributed by atoms with van der Waals surface area (Å²) in [6.45, 7) is 2.67. The molecule has 6 nitrogen and oxygen atoms in total. The summed E-state index contributed by atoms with van der Waals surface area (Å²) in [7, 11) is 0. The van der Waals surface area contributed by atoms with Crippen molar-refractivity contribution < 1.29 is 14.3 Å². The fraction of sp³-hybridized carbons (Fsp3) is 0.464. The SMILES string of the molecule is CCCCCCCCCCCC(=O)NCC(=O)N/N=C/c1ccc(OCc2ccccc2)cc1. The lowest BCUT2D eigenvalue weighted by molar-refractivity contribution is -0.126. The van der Waals surface area contributed by atoms with E-state index >= 15 is 0 Å². The van der Waals surface area contributed by atoms with Crippen LogP contribution >= 0.6 is 0 Å². The Morgan fingerprint density at radius 1 is 0.824 bits per heavy atom. The van der Waals surface area contributed by atoms with E-state index in [4.69, 9.17) is 4.74 Å². The van der Waals surface area contributed by atoms with Crippen LogP contribution in [0.1, 0.15) is 82.3 Å². The van der Waals surface area contributed by atoms with Crippen LogP contribution in [0.4, 0.5) is 0 Å². The highest BCUT2D eigenvalue weighted by Crippen LogP contribution is 2.13. The molecular weight excluding hydrogens is 426 g/mol. The highest BCUT2D eigenvalue weighted by Gasteiger charge is 2.04. The maximum Gasteiger partial charge on any atom is 0.259 e. The molecule has 0 aliphatic rings. The first kappa shape index (κ1) is 27.1. The van der Waals surface area contributed by atoms with Crippen molar-refractivity contribution in [3.63, 3.8) is 0 Å². The molecule has 0 heterocycles. The zero-order valence-corrected chi connectivity index (χ0v) is 20.4. The van der Waals surface area contributed by atoms with Gasteiger partial charge in [0.25, 0.3) is 5.91 Å². The van der Waals surface area contributed by atoms with E-state index in [1.807, 2.05) is 54.6 Å². The summed E-state index contributed by atoms with van der Waals surface area (Å²) in [5.41, 5.74) is 4.38. The van der Waals surface area contributed by atoms with E-state index in [1.165, 1.54) is 44.9 Å². The number of carbonyl (C=O) groups is 2. The molecule has 0 atom stereocenters. The molecule has 0 bridgehead atoms. The van der Waals surface area contributed by atoms with E-state index in [1.54, 1.807) is 6.21 Å². The van der Waals surface area contributed by atoms with Crippen LogP contribution in [0, 0.1) is 0 Å². The second kappa shape index (κ2) is 17.3. The first-order valence-electron chi connectivity index (χ1n) is 12.5. The largest absolute Gasteiger partial charge is 0.489 e. The molecular formula is C28H39N3O3. The molecule has 2 rings (SSSR count). The number of amides is 2. The Bertz CT molecular complexity index is 851. The van der Waals surface area contributed by atoms with Gasteiger partial charge in [-0.1, -0.05) is 88.6 Å². The molecule has 0 radical (unpaired) electrons. The standard InChI is InChI=1S/C28H39N3O3/c1-2-3-4-5-6-7-8-9-13-16-27(32)29-22-28(33)31-30-21-24-17-19-26(20-18-24)34-23-25-14-11-10-12-15-25/h10-12,14-15,17-21H,2-9,13,16,22-23H2,1H3,(H,29,32)(H,31,33)/b30-21+. The average molecular weight is 466 g/mol. The molecule has 6 heteroatoms. The second-order valence-corrected chi connectivity index (χ2v) is 8.49. The van der Waals surface area contributed by atoms with Crippen molar-refractivity contribution in [3.05, 3.63) is 65.7 Å². The Hall–Kier alpha value is -3.15. The van der Waals surface area contributed by atoms with Gasteiger partial charge in [-0.2, -0.15) is 5.10 Å². The number of hydrogen-bond donors (Lipinski definition) is 2. The van der Waals surface area contributed by atoms with Gasteiger partial charge in [-0.15, -0.1) is 0 Å². The minimum atomic E-state index is -0.348. The monoisotopic (exact) mass is 465 g/mol. The number of nitrogens with zero attached hydrogens (tertiary/aromatic N) is 1. The first-order chi connectivity index (χ1) is 16.7. The van der Waals surface area contributed by atoms with Crippen LogP contribution < -0.4 is 15.5 Å². The molecule has 2 aromatic rings. The van der Waals surface area contributed by atoms with E-state index < -0.39 is 0 Å². The van der Waals surface area contributed by atoms with Gasteiger partial charge in [-0.05, 0) is 41.8 Å². The van der Waals surface area contributed by atoms with Crippen molar-refractivity contribution >= 4 is 18.0 Å². The predicted molar refractivity (Wildman–Crippen MR) is 138 cm³/mol. The van der Waals surface area contributed by atoms with Gasteiger partial charge in [0.15, 0.2) is 0 Å². The molecule has 0 saturated carbocycles. The molecule has 0 fully saturated rings. The fourth-order valence-corrected chi connectivity index (χ4v) is 3.47. The molecule has 184 valence electrons. The summed E-state index contributed by atoms with van der Waals surface area (Å²) in [6.07, 6.45) is 12.9. The highest BCUT2D eigenvalue weighted by atomic mass is 16.5. The normalized spacial score (nSPS) is 10.9. The molecule has 0 spiro atoms. The lowest BCUT2D eigenvalue weighted by Crippen LogP contribution is -2.34. The topological polar surface area (TPSA) is 79.8 Å². The molecule has 0 aliphatic heterocycles. The van der Waals surface area contributed by atoms with Gasteiger partial charge in [-0.25, -0.2) is 5.43 Å². The maximum absolute atomic E-state index is 11.9. The van der Waals surface area contributed by atoms with E-state index in [0.717, 1.165) is 29.7 Å². The Labute approximate surface area is 204 Å². The lowest BCUT2D eigenvalue weighted by atomic mass is 10.1. The zero-order valence-electron chi connectivity index (χ0n) is 20.4. The molecule has 0 saturated heterocycles. The maximum atomic E-state index is 11.9.